The standard InChI is InChI=1S/C11H13FO/c1-3-9-4-5-11(12)10(6-7-13)8(9)2/h4-5,7H,3,6H2,1-2H3. The Morgan fingerprint density at radius 2 is 2.15 bits per heavy atom. The molecule has 0 spiro atoms. The summed E-state index contributed by atoms with van der Waals surface area (Å²) >= 11 is 0. The summed E-state index contributed by atoms with van der Waals surface area (Å²) < 4.78 is 13.2. The lowest BCUT2D eigenvalue weighted by Gasteiger charge is -2.08. The Hall–Kier alpha value is -1.18. The van der Waals surface area contributed by atoms with E-state index in [1.807, 2.05) is 13.8 Å². The summed E-state index contributed by atoms with van der Waals surface area (Å²) in [5.41, 5.74) is 2.56. The molecule has 0 unspecified atom stereocenters. The molecule has 0 atom stereocenters. The molecule has 0 aliphatic heterocycles. The molecule has 0 bridgehead atoms. The van der Waals surface area contributed by atoms with Crippen LogP contribution in [0.25, 0.3) is 0 Å². The van der Waals surface area contributed by atoms with Crippen LogP contribution in [0.3, 0.4) is 0 Å². The van der Waals surface area contributed by atoms with Gasteiger partial charge in [0.2, 0.25) is 0 Å². The van der Waals surface area contributed by atoms with Crippen LogP contribution < -0.4 is 0 Å². The van der Waals surface area contributed by atoms with Gasteiger partial charge in [0.1, 0.15) is 12.1 Å². The number of rotatable bonds is 3. The van der Waals surface area contributed by atoms with Crippen LogP contribution in [0.4, 0.5) is 4.39 Å². The third-order valence-corrected chi connectivity index (χ3v) is 2.32. The van der Waals surface area contributed by atoms with Crippen molar-refractivity contribution in [3.63, 3.8) is 0 Å². The van der Waals surface area contributed by atoms with Crippen molar-refractivity contribution in [2.75, 3.05) is 0 Å². The Bertz CT molecular complexity index is 318. The molecule has 1 aromatic rings. The van der Waals surface area contributed by atoms with Gasteiger partial charge in [0, 0.05) is 6.42 Å². The van der Waals surface area contributed by atoms with E-state index >= 15 is 0 Å². The Balaban J connectivity index is 3.20. The Morgan fingerprint density at radius 3 is 2.69 bits per heavy atom. The second-order valence-electron chi connectivity index (χ2n) is 3.03. The Kier molecular flexibility index (Phi) is 3.18. The van der Waals surface area contributed by atoms with E-state index in [4.69, 9.17) is 0 Å². The molecule has 0 saturated heterocycles. The van der Waals surface area contributed by atoms with E-state index < -0.39 is 0 Å². The second kappa shape index (κ2) is 4.17. The van der Waals surface area contributed by atoms with Crippen molar-refractivity contribution in [1.29, 1.82) is 0 Å². The molecule has 0 saturated carbocycles. The van der Waals surface area contributed by atoms with Crippen LogP contribution >= 0.6 is 0 Å². The summed E-state index contributed by atoms with van der Waals surface area (Å²) in [6.45, 7) is 3.88. The van der Waals surface area contributed by atoms with Gasteiger partial charge < -0.3 is 4.79 Å². The summed E-state index contributed by atoms with van der Waals surface area (Å²) in [5.74, 6) is -0.276. The van der Waals surface area contributed by atoms with Gasteiger partial charge in [-0.25, -0.2) is 4.39 Å². The number of hydrogen-bond acceptors (Lipinski definition) is 1. The normalized spacial score (nSPS) is 10.1. The molecule has 0 amide bonds. The van der Waals surface area contributed by atoms with E-state index in [9.17, 15) is 9.18 Å². The maximum atomic E-state index is 13.2. The van der Waals surface area contributed by atoms with Gasteiger partial charge in [0.05, 0.1) is 0 Å². The van der Waals surface area contributed by atoms with E-state index in [0.717, 1.165) is 23.8 Å². The van der Waals surface area contributed by atoms with E-state index in [1.165, 1.54) is 6.07 Å². The fourth-order valence-corrected chi connectivity index (χ4v) is 1.49. The highest BCUT2D eigenvalue weighted by molar-refractivity contribution is 5.57. The Labute approximate surface area is 77.6 Å². The molecule has 1 rings (SSSR count). The quantitative estimate of drug-likeness (QED) is 0.653. The lowest BCUT2D eigenvalue weighted by molar-refractivity contribution is -0.107. The number of carbonyl (C=O) groups is 1. The van der Waals surface area contributed by atoms with Crippen LogP contribution in [0.5, 0.6) is 0 Å². The molecular formula is C11H13FO. The summed E-state index contributed by atoms with van der Waals surface area (Å²) in [6, 6.07) is 3.21. The maximum Gasteiger partial charge on any atom is 0.127 e. The van der Waals surface area contributed by atoms with Crippen LogP contribution in [0.15, 0.2) is 12.1 Å². The number of benzene rings is 1. The fraction of sp³-hybridized carbons (Fsp3) is 0.364. The van der Waals surface area contributed by atoms with Gasteiger partial charge in [-0.1, -0.05) is 13.0 Å². The molecule has 0 radical (unpaired) electrons. The molecule has 0 aromatic heterocycles. The fourth-order valence-electron chi connectivity index (χ4n) is 1.49. The molecular weight excluding hydrogens is 167 g/mol. The molecule has 0 aliphatic rings. The minimum Gasteiger partial charge on any atom is -0.303 e. The predicted molar refractivity (Wildman–Crippen MR) is 50.3 cm³/mol. The van der Waals surface area contributed by atoms with Crippen molar-refractivity contribution in [3.8, 4) is 0 Å². The van der Waals surface area contributed by atoms with Crippen molar-refractivity contribution in [1.82, 2.24) is 0 Å². The van der Waals surface area contributed by atoms with Crippen molar-refractivity contribution in [3.05, 3.63) is 34.6 Å². The van der Waals surface area contributed by atoms with Gasteiger partial charge in [0.25, 0.3) is 0 Å². The molecule has 13 heavy (non-hydrogen) atoms. The minimum atomic E-state index is -0.276. The molecule has 0 heterocycles. The van der Waals surface area contributed by atoms with Gasteiger partial charge in [-0.2, -0.15) is 0 Å². The number of carbonyl (C=O) groups excluding carboxylic acids is 1. The van der Waals surface area contributed by atoms with Crippen LogP contribution in [-0.4, -0.2) is 6.29 Å². The molecule has 70 valence electrons. The number of halogens is 1. The SMILES string of the molecule is CCc1ccc(F)c(CC=O)c1C. The highest BCUT2D eigenvalue weighted by atomic mass is 19.1. The predicted octanol–water partition coefficient (Wildman–Crippen LogP) is 2.44. The zero-order valence-corrected chi connectivity index (χ0v) is 7.93. The van der Waals surface area contributed by atoms with E-state index in [0.29, 0.717) is 5.56 Å². The second-order valence-corrected chi connectivity index (χ2v) is 3.03. The van der Waals surface area contributed by atoms with E-state index in [2.05, 4.69) is 0 Å². The maximum absolute atomic E-state index is 13.2. The lowest BCUT2D eigenvalue weighted by atomic mass is 9.98. The summed E-state index contributed by atoms with van der Waals surface area (Å²) in [7, 11) is 0. The summed E-state index contributed by atoms with van der Waals surface area (Å²) in [5, 5.41) is 0. The van der Waals surface area contributed by atoms with Crippen molar-refractivity contribution in [2.24, 2.45) is 0 Å². The van der Waals surface area contributed by atoms with Gasteiger partial charge in [0.15, 0.2) is 0 Å². The molecule has 1 aromatic carbocycles. The third kappa shape index (κ3) is 1.94. The van der Waals surface area contributed by atoms with E-state index in [-0.39, 0.29) is 12.2 Å². The Morgan fingerprint density at radius 1 is 1.46 bits per heavy atom. The summed E-state index contributed by atoms with van der Waals surface area (Å²) in [6.07, 6.45) is 1.79. The molecule has 0 fully saturated rings. The molecule has 2 heteroatoms. The number of hydrogen-bond donors (Lipinski definition) is 0. The smallest absolute Gasteiger partial charge is 0.127 e. The molecule has 1 nitrogen and oxygen atoms in total. The lowest BCUT2D eigenvalue weighted by Crippen LogP contribution is -1.99. The average Bonchev–Trinajstić information content (AvgIpc) is 2.12. The highest BCUT2D eigenvalue weighted by Crippen LogP contribution is 2.18. The summed E-state index contributed by atoms with van der Waals surface area (Å²) in [4.78, 5) is 10.3. The van der Waals surface area contributed by atoms with Crippen LogP contribution in [0.1, 0.15) is 23.6 Å². The monoisotopic (exact) mass is 180 g/mol. The highest BCUT2D eigenvalue weighted by Gasteiger charge is 2.07. The first kappa shape index (κ1) is 9.90. The van der Waals surface area contributed by atoms with Crippen molar-refractivity contribution in [2.45, 2.75) is 26.7 Å². The van der Waals surface area contributed by atoms with Gasteiger partial charge in [-0.15, -0.1) is 0 Å². The largest absolute Gasteiger partial charge is 0.303 e. The first-order chi connectivity index (χ1) is 6.20. The van der Waals surface area contributed by atoms with Crippen LogP contribution in [0.2, 0.25) is 0 Å². The van der Waals surface area contributed by atoms with Crippen molar-refractivity contribution < 1.29 is 9.18 Å². The van der Waals surface area contributed by atoms with Crippen LogP contribution in [-0.2, 0) is 17.6 Å². The minimum absolute atomic E-state index is 0.172. The zero-order chi connectivity index (χ0) is 9.84. The first-order valence-electron chi connectivity index (χ1n) is 4.41. The topological polar surface area (TPSA) is 17.1 Å². The average molecular weight is 180 g/mol. The number of aryl methyl sites for hydroxylation is 1. The van der Waals surface area contributed by atoms with Crippen LogP contribution in [0, 0.1) is 12.7 Å². The van der Waals surface area contributed by atoms with Gasteiger partial charge >= 0.3 is 0 Å². The zero-order valence-electron chi connectivity index (χ0n) is 7.93. The van der Waals surface area contributed by atoms with Gasteiger partial charge in [-0.05, 0) is 36.1 Å². The third-order valence-electron chi connectivity index (χ3n) is 2.32. The van der Waals surface area contributed by atoms with Crippen molar-refractivity contribution >= 4 is 6.29 Å². The molecule has 0 aliphatic carbocycles. The first-order valence-corrected chi connectivity index (χ1v) is 4.41. The van der Waals surface area contributed by atoms with E-state index in [1.54, 1.807) is 6.07 Å². The molecule has 0 N–H and O–H groups in total. The number of aldehydes is 1. The van der Waals surface area contributed by atoms with Gasteiger partial charge in [-0.3, -0.25) is 0 Å².